The predicted molar refractivity (Wildman–Crippen MR) is 57.6 cm³/mol. The van der Waals surface area contributed by atoms with Gasteiger partial charge in [-0.25, -0.2) is 8.78 Å². The van der Waals surface area contributed by atoms with E-state index in [-0.39, 0.29) is 17.1 Å². The highest BCUT2D eigenvalue weighted by Gasteiger charge is 2.06. The lowest BCUT2D eigenvalue weighted by Crippen LogP contribution is -1.89. The van der Waals surface area contributed by atoms with Gasteiger partial charge in [-0.1, -0.05) is 0 Å². The summed E-state index contributed by atoms with van der Waals surface area (Å²) in [6, 6.07) is 10.8. The molecule has 2 aromatic carbocycles. The highest BCUT2D eigenvalue weighted by molar-refractivity contribution is 5.45. The fourth-order valence-corrected chi connectivity index (χ4v) is 1.31. The Hall–Kier alpha value is -2.41. The molecule has 4 heteroatoms. The van der Waals surface area contributed by atoms with Crippen molar-refractivity contribution >= 4 is 0 Å². The average molecular weight is 231 g/mol. The molecule has 2 rings (SSSR count). The number of benzene rings is 2. The van der Waals surface area contributed by atoms with E-state index in [1.54, 1.807) is 0 Å². The molecule has 0 spiro atoms. The SMILES string of the molecule is N#Cc1cc(F)ccc1Oc1ccc(F)cc1. The van der Waals surface area contributed by atoms with E-state index in [1.165, 1.54) is 36.4 Å². The van der Waals surface area contributed by atoms with Gasteiger partial charge in [0.15, 0.2) is 0 Å². The minimum Gasteiger partial charge on any atom is -0.456 e. The van der Waals surface area contributed by atoms with Crippen LogP contribution in [-0.2, 0) is 0 Å². The number of hydrogen-bond acceptors (Lipinski definition) is 2. The summed E-state index contributed by atoms with van der Waals surface area (Å²) in [5.74, 6) is -0.264. The molecular weight excluding hydrogens is 224 g/mol. The van der Waals surface area contributed by atoms with E-state index < -0.39 is 5.82 Å². The molecule has 84 valence electrons. The fourth-order valence-electron chi connectivity index (χ4n) is 1.31. The minimum atomic E-state index is -0.506. The Morgan fingerprint density at radius 2 is 1.59 bits per heavy atom. The molecule has 0 N–H and O–H groups in total. The van der Waals surface area contributed by atoms with Gasteiger partial charge in [-0.3, -0.25) is 0 Å². The second-order valence-corrected chi connectivity index (χ2v) is 3.31. The van der Waals surface area contributed by atoms with E-state index in [1.807, 2.05) is 6.07 Å². The normalized spacial score (nSPS) is 9.71. The smallest absolute Gasteiger partial charge is 0.145 e. The maximum atomic E-state index is 12.9. The van der Waals surface area contributed by atoms with E-state index in [2.05, 4.69) is 0 Å². The van der Waals surface area contributed by atoms with E-state index in [4.69, 9.17) is 10.00 Å². The van der Waals surface area contributed by atoms with Crippen molar-refractivity contribution in [1.82, 2.24) is 0 Å². The molecule has 0 radical (unpaired) electrons. The number of nitriles is 1. The molecule has 0 atom stereocenters. The molecule has 0 bridgehead atoms. The molecule has 0 aromatic heterocycles. The Morgan fingerprint density at radius 1 is 0.941 bits per heavy atom. The largest absolute Gasteiger partial charge is 0.456 e. The first-order valence-corrected chi connectivity index (χ1v) is 4.82. The Bertz CT molecular complexity index is 573. The maximum Gasteiger partial charge on any atom is 0.145 e. The lowest BCUT2D eigenvalue weighted by Gasteiger charge is -2.06. The van der Waals surface area contributed by atoms with Gasteiger partial charge in [0.2, 0.25) is 0 Å². The van der Waals surface area contributed by atoms with E-state index in [0.717, 1.165) is 6.07 Å². The zero-order valence-corrected chi connectivity index (χ0v) is 8.65. The first kappa shape index (κ1) is 11.1. The van der Waals surface area contributed by atoms with Crippen molar-refractivity contribution in [2.45, 2.75) is 0 Å². The van der Waals surface area contributed by atoms with Gasteiger partial charge in [-0.15, -0.1) is 0 Å². The van der Waals surface area contributed by atoms with Crippen molar-refractivity contribution in [2.75, 3.05) is 0 Å². The summed E-state index contributed by atoms with van der Waals surface area (Å²) in [7, 11) is 0. The van der Waals surface area contributed by atoms with Gasteiger partial charge in [0.25, 0.3) is 0 Å². The van der Waals surface area contributed by atoms with Crippen LogP contribution in [0.15, 0.2) is 42.5 Å². The Labute approximate surface area is 96.7 Å². The third-order valence-electron chi connectivity index (χ3n) is 2.10. The van der Waals surface area contributed by atoms with E-state index in [9.17, 15) is 8.78 Å². The molecule has 17 heavy (non-hydrogen) atoms. The molecule has 0 amide bonds. The standard InChI is InChI=1S/C13H7F2NO/c14-10-1-4-12(5-2-10)17-13-6-3-11(15)7-9(13)8-16/h1-7H. The summed E-state index contributed by atoms with van der Waals surface area (Å²) in [6.45, 7) is 0. The molecule has 0 unspecified atom stereocenters. The number of ether oxygens (including phenoxy) is 1. The van der Waals surface area contributed by atoms with E-state index in [0.29, 0.717) is 5.75 Å². The van der Waals surface area contributed by atoms with Crippen LogP contribution in [0.5, 0.6) is 11.5 Å². The molecule has 0 saturated heterocycles. The predicted octanol–water partition coefficient (Wildman–Crippen LogP) is 3.63. The molecule has 0 fully saturated rings. The maximum absolute atomic E-state index is 12.9. The summed E-state index contributed by atoms with van der Waals surface area (Å²) in [4.78, 5) is 0. The van der Waals surface area contributed by atoms with Gasteiger partial charge in [-0.05, 0) is 42.5 Å². The van der Waals surface area contributed by atoms with Crippen molar-refractivity contribution in [3.63, 3.8) is 0 Å². The fraction of sp³-hybridized carbons (Fsp3) is 0. The minimum absolute atomic E-state index is 0.0920. The van der Waals surface area contributed by atoms with Crippen LogP contribution in [0.4, 0.5) is 8.78 Å². The van der Waals surface area contributed by atoms with Crippen LogP contribution in [-0.4, -0.2) is 0 Å². The second-order valence-electron chi connectivity index (χ2n) is 3.31. The summed E-state index contributed by atoms with van der Waals surface area (Å²) >= 11 is 0. The van der Waals surface area contributed by atoms with Crippen LogP contribution in [0.3, 0.4) is 0 Å². The van der Waals surface area contributed by atoms with Gasteiger partial charge < -0.3 is 4.74 Å². The van der Waals surface area contributed by atoms with Crippen LogP contribution in [0.1, 0.15) is 5.56 Å². The quantitative estimate of drug-likeness (QED) is 0.790. The number of halogens is 2. The van der Waals surface area contributed by atoms with Crippen molar-refractivity contribution in [1.29, 1.82) is 5.26 Å². The zero-order valence-electron chi connectivity index (χ0n) is 8.65. The lowest BCUT2D eigenvalue weighted by molar-refractivity contribution is 0.477. The summed E-state index contributed by atoms with van der Waals surface area (Å²) < 4.78 is 30.9. The zero-order chi connectivity index (χ0) is 12.3. The topological polar surface area (TPSA) is 33.0 Å². The summed E-state index contributed by atoms with van der Waals surface area (Å²) in [5.41, 5.74) is 0.0920. The van der Waals surface area contributed by atoms with Gasteiger partial charge in [0.1, 0.15) is 29.2 Å². The molecule has 0 aliphatic rings. The second kappa shape index (κ2) is 4.62. The molecule has 2 aromatic rings. The van der Waals surface area contributed by atoms with Gasteiger partial charge in [0, 0.05) is 0 Å². The third kappa shape index (κ3) is 2.58. The van der Waals surface area contributed by atoms with Crippen LogP contribution in [0.2, 0.25) is 0 Å². The Kier molecular flexibility index (Phi) is 3.01. The average Bonchev–Trinajstić information content (AvgIpc) is 2.34. The summed E-state index contributed by atoms with van der Waals surface area (Å²) in [6.07, 6.45) is 0. The molecular formula is C13H7F2NO. The van der Waals surface area contributed by atoms with Crippen molar-refractivity contribution in [2.24, 2.45) is 0 Å². The molecule has 0 aliphatic heterocycles. The van der Waals surface area contributed by atoms with Crippen molar-refractivity contribution < 1.29 is 13.5 Å². The number of nitrogens with zero attached hydrogens (tertiary/aromatic N) is 1. The monoisotopic (exact) mass is 231 g/mol. The van der Waals surface area contributed by atoms with Crippen LogP contribution in [0.25, 0.3) is 0 Å². The highest BCUT2D eigenvalue weighted by Crippen LogP contribution is 2.25. The Balaban J connectivity index is 2.30. The first-order valence-electron chi connectivity index (χ1n) is 4.82. The van der Waals surface area contributed by atoms with Crippen molar-refractivity contribution in [3.05, 3.63) is 59.7 Å². The van der Waals surface area contributed by atoms with Crippen LogP contribution in [0, 0.1) is 23.0 Å². The van der Waals surface area contributed by atoms with Gasteiger partial charge in [-0.2, -0.15) is 5.26 Å². The third-order valence-corrected chi connectivity index (χ3v) is 2.10. The van der Waals surface area contributed by atoms with Crippen LogP contribution >= 0.6 is 0 Å². The molecule has 0 saturated carbocycles. The highest BCUT2D eigenvalue weighted by atomic mass is 19.1. The van der Waals surface area contributed by atoms with Gasteiger partial charge in [0.05, 0.1) is 5.56 Å². The van der Waals surface area contributed by atoms with Gasteiger partial charge >= 0.3 is 0 Å². The number of rotatable bonds is 2. The lowest BCUT2D eigenvalue weighted by atomic mass is 10.2. The molecule has 2 nitrogen and oxygen atoms in total. The summed E-state index contributed by atoms with van der Waals surface area (Å²) in [5, 5.41) is 8.81. The molecule has 0 heterocycles. The van der Waals surface area contributed by atoms with E-state index >= 15 is 0 Å². The van der Waals surface area contributed by atoms with Crippen molar-refractivity contribution in [3.8, 4) is 17.6 Å². The Morgan fingerprint density at radius 3 is 2.24 bits per heavy atom. The number of hydrogen-bond donors (Lipinski definition) is 0. The molecule has 0 aliphatic carbocycles. The van der Waals surface area contributed by atoms with Crippen LogP contribution < -0.4 is 4.74 Å². The first-order chi connectivity index (χ1) is 8.19.